The van der Waals surface area contributed by atoms with E-state index in [0.717, 1.165) is 17.5 Å². The minimum absolute atomic E-state index is 0.0457. The Balaban J connectivity index is 1.87. The number of H-pyrrole nitrogens is 1. The Hall–Kier alpha value is -3.51. The predicted molar refractivity (Wildman–Crippen MR) is 99.3 cm³/mol. The van der Waals surface area contributed by atoms with Crippen molar-refractivity contribution in [3.8, 4) is 0 Å². The molecule has 6 heteroatoms. The molecule has 0 saturated carbocycles. The van der Waals surface area contributed by atoms with Crippen molar-refractivity contribution in [2.24, 2.45) is 5.73 Å². The molecule has 1 aliphatic rings. The molecule has 26 heavy (non-hydrogen) atoms. The number of carbonyl (C=O) groups is 2. The summed E-state index contributed by atoms with van der Waals surface area (Å²) in [6.45, 7) is 0. The zero-order chi connectivity index (χ0) is 18.3. The molecule has 1 atom stereocenters. The number of nitrogens with two attached hydrogens (primary N) is 1. The molecule has 2 heterocycles. The minimum atomic E-state index is -0.537. The minimum Gasteiger partial charge on any atom is -0.366 e. The topological polar surface area (TPSA) is 88.8 Å². The van der Waals surface area contributed by atoms with Gasteiger partial charge in [-0.3, -0.25) is 4.79 Å². The lowest BCUT2D eigenvalue weighted by Gasteiger charge is -2.19. The summed E-state index contributed by atoms with van der Waals surface area (Å²) in [5.41, 5.74) is 9.64. The lowest BCUT2D eigenvalue weighted by atomic mass is 10.1. The molecule has 0 radical (unpaired) electrons. The summed E-state index contributed by atoms with van der Waals surface area (Å²) in [4.78, 5) is 31.3. The second kappa shape index (κ2) is 5.79. The van der Waals surface area contributed by atoms with Crippen molar-refractivity contribution in [1.29, 1.82) is 0 Å². The second-order valence-electron chi connectivity index (χ2n) is 6.38. The summed E-state index contributed by atoms with van der Waals surface area (Å²) < 4.78 is -0.0457. The first-order chi connectivity index (χ1) is 12.5. The van der Waals surface area contributed by atoms with E-state index in [9.17, 15) is 9.59 Å². The van der Waals surface area contributed by atoms with E-state index >= 15 is 0 Å². The molecule has 0 aliphatic carbocycles. The Morgan fingerprint density at radius 2 is 1.92 bits per heavy atom. The summed E-state index contributed by atoms with van der Waals surface area (Å²) in [5.74, 6) is -0.00438. The average molecular weight is 345 g/mol. The summed E-state index contributed by atoms with van der Waals surface area (Å²) >= 11 is 0. The fourth-order valence-electron chi connectivity index (χ4n) is 3.21. The number of fused-ring (bicyclic) bond motifs is 1. The first kappa shape index (κ1) is 16.0. The first-order valence-corrected chi connectivity index (χ1v) is 8.13. The van der Waals surface area contributed by atoms with E-state index in [-0.39, 0.29) is 4.48 Å². The fourth-order valence-corrected chi connectivity index (χ4v) is 3.21. The highest BCUT2D eigenvalue weighted by atomic mass is 16.1. The van der Waals surface area contributed by atoms with Gasteiger partial charge in [-0.05, 0) is 17.7 Å². The van der Waals surface area contributed by atoms with E-state index in [2.05, 4.69) is 9.97 Å². The fraction of sp³-hybridized carbons (Fsp3) is 0.0500. The van der Waals surface area contributed by atoms with Crippen molar-refractivity contribution in [3.63, 3.8) is 0 Å². The monoisotopic (exact) mass is 345 g/mol. The van der Waals surface area contributed by atoms with Gasteiger partial charge in [0.1, 0.15) is 11.7 Å². The lowest BCUT2D eigenvalue weighted by Crippen LogP contribution is -2.33. The molecular weight excluding hydrogens is 328 g/mol. The van der Waals surface area contributed by atoms with Crippen LogP contribution in [0.1, 0.15) is 21.7 Å². The number of amides is 2. The zero-order valence-corrected chi connectivity index (χ0v) is 14.1. The number of benzene rings is 2. The number of imidazole rings is 1. The van der Waals surface area contributed by atoms with Crippen molar-refractivity contribution in [1.82, 2.24) is 9.97 Å². The van der Waals surface area contributed by atoms with Crippen LogP contribution in [0.4, 0.5) is 0 Å². The molecule has 2 aromatic carbocycles. The van der Waals surface area contributed by atoms with Gasteiger partial charge >= 0.3 is 6.41 Å². The molecule has 0 fully saturated rings. The summed E-state index contributed by atoms with van der Waals surface area (Å²) in [5, 5.41) is 0. The number of allylic oxidation sites excluding steroid dienone is 2. The molecular formula is C20H17N4O2+. The number of hydrogen-bond acceptors (Lipinski definition) is 3. The van der Waals surface area contributed by atoms with E-state index in [1.807, 2.05) is 48.7 Å². The van der Waals surface area contributed by atoms with E-state index < -0.39 is 5.91 Å². The van der Waals surface area contributed by atoms with Crippen molar-refractivity contribution in [2.45, 2.75) is 0 Å². The van der Waals surface area contributed by atoms with Gasteiger partial charge in [-0.1, -0.05) is 36.4 Å². The van der Waals surface area contributed by atoms with E-state index in [1.54, 1.807) is 19.2 Å². The number of nitrogens with one attached hydrogen (secondary N) is 1. The first-order valence-electron chi connectivity index (χ1n) is 8.13. The highest BCUT2D eigenvalue weighted by Crippen LogP contribution is 2.36. The van der Waals surface area contributed by atoms with Gasteiger partial charge in [0.05, 0.1) is 18.1 Å². The van der Waals surface area contributed by atoms with Gasteiger partial charge in [0, 0.05) is 11.6 Å². The highest BCUT2D eigenvalue weighted by molar-refractivity contribution is 6.04. The summed E-state index contributed by atoms with van der Waals surface area (Å²) in [6.07, 6.45) is 4.66. The Morgan fingerprint density at radius 1 is 1.15 bits per heavy atom. The molecule has 4 rings (SSSR count). The summed E-state index contributed by atoms with van der Waals surface area (Å²) in [6, 6.07) is 15.0. The van der Waals surface area contributed by atoms with Crippen LogP contribution in [-0.4, -0.2) is 33.8 Å². The Labute approximate surface area is 149 Å². The van der Waals surface area contributed by atoms with Crippen LogP contribution in [0, 0.1) is 0 Å². The van der Waals surface area contributed by atoms with Gasteiger partial charge in [0.25, 0.3) is 5.91 Å². The molecule has 1 unspecified atom stereocenters. The van der Waals surface area contributed by atoms with Gasteiger partial charge in [-0.15, -0.1) is 0 Å². The van der Waals surface area contributed by atoms with Crippen LogP contribution in [0.5, 0.6) is 0 Å². The molecule has 6 nitrogen and oxygen atoms in total. The molecule has 1 aliphatic heterocycles. The quantitative estimate of drug-likeness (QED) is 0.563. The zero-order valence-electron chi connectivity index (χ0n) is 14.1. The molecule has 128 valence electrons. The van der Waals surface area contributed by atoms with Crippen molar-refractivity contribution in [3.05, 3.63) is 77.8 Å². The van der Waals surface area contributed by atoms with Crippen LogP contribution in [0.15, 0.2) is 60.8 Å². The number of rotatable bonds is 4. The third-order valence-corrected chi connectivity index (χ3v) is 4.57. The molecule has 3 aromatic rings. The molecule has 1 aromatic heterocycles. The van der Waals surface area contributed by atoms with Crippen LogP contribution >= 0.6 is 0 Å². The van der Waals surface area contributed by atoms with E-state index in [1.165, 1.54) is 0 Å². The maximum Gasteiger partial charge on any atom is 0.311 e. The van der Waals surface area contributed by atoms with E-state index in [0.29, 0.717) is 28.1 Å². The van der Waals surface area contributed by atoms with Crippen molar-refractivity contribution < 1.29 is 14.1 Å². The third-order valence-electron chi connectivity index (χ3n) is 4.57. The number of primary amides is 1. The number of nitrogens with zero attached hydrogens (tertiary/aromatic N) is 2. The maximum absolute atomic E-state index is 11.9. The van der Waals surface area contributed by atoms with Gasteiger partial charge in [0.2, 0.25) is 0 Å². The van der Waals surface area contributed by atoms with Crippen LogP contribution in [-0.2, 0) is 4.79 Å². The van der Waals surface area contributed by atoms with Crippen molar-refractivity contribution >= 4 is 34.6 Å². The standard InChI is InChI=1S/C20H16N4O2/c1-24(12-25)11-14(13-6-3-2-4-7-13)10-17(24)20-22-16-9-5-8-15(19(21)26)18(16)23-20/h2-12H,1H3,(H2-,21,22,23,26)/p+1. The maximum atomic E-state index is 11.9. The number of quaternary nitrogens is 1. The molecule has 3 N–H and O–H groups in total. The second-order valence-corrected chi connectivity index (χ2v) is 6.38. The number of aromatic nitrogens is 2. The molecule has 2 amide bonds. The number of hydrogen-bond donors (Lipinski definition) is 2. The van der Waals surface area contributed by atoms with Gasteiger partial charge in [-0.25, -0.2) is 14.3 Å². The molecule has 0 saturated heterocycles. The smallest absolute Gasteiger partial charge is 0.311 e. The van der Waals surface area contributed by atoms with Crippen LogP contribution in [0.2, 0.25) is 0 Å². The molecule has 0 spiro atoms. The molecule has 0 bridgehead atoms. The van der Waals surface area contributed by atoms with E-state index in [4.69, 9.17) is 5.73 Å². The normalized spacial score (nSPS) is 19.3. The van der Waals surface area contributed by atoms with Gasteiger partial charge in [-0.2, -0.15) is 0 Å². The van der Waals surface area contributed by atoms with Crippen LogP contribution in [0.3, 0.4) is 0 Å². The Morgan fingerprint density at radius 3 is 2.62 bits per heavy atom. The average Bonchev–Trinajstić information content (AvgIpc) is 3.23. The lowest BCUT2D eigenvalue weighted by molar-refractivity contribution is -0.689. The predicted octanol–water partition coefficient (Wildman–Crippen LogP) is 2.66. The largest absolute Gasteiger partial charge is 0.366 e. The highest BCUT2D eigenvalue weighted by Gasteiger charge is 2.35. The summed E-state index contributed by atoms with van der Waals surface area (Å²) in [7, 11) is 1.79. The van der Waals surface area contributed by atoms with Gasteiger partial charge in [0.15, 0.2) is 11.5 Å². The van der Waals surface area contributed by atoms with Crippen molar-refractivity contribution in [2.75, 3.05) is 7.05 Å². The number of para-hydroxylation sites is 1. The third kappa shape index (κ3) is 2.44. The Bertz CT molecular complexity index is 1100. The number of carbonyl (C=O) groups excluding carboxylic acids is 2. The number of aromatic amines is 1. The van der Waals surface area contributed by atoms with Crippen LogP contribution < -0.4 is 5.73 Å². The van der Waals surface area contributed by atoms with Crippen LogP contribution in [0.25, 0.3) is 22.3 Å². The Kier molecular flexibility index (Phi) is 3.56. The SMILES string of the molecule is C[N+]1(C=O)C=C(c2ccccc2)C=C1c1nc2c(C(N)=O)cccc2[nH]1. The van der Waals surface area contributed by atoms with Gasteiger partial charge < -0.3 is 10.7 Å².